The molecule has 1 amide bonds. The molecule has 17 heavy (non-hydrogen) atoms. The van der Waals surface area contributed by atoms with E-state index in [-0.39, 0.29) is 17.8 Å². The minimum atomic E-state index is -0.275. The molecule has 3 N–H and O–H groups in total. The molecule has 1 heterocycles. The Balaban J connectivity index is 1.89. The quantitative estimate of drug-likeness (QED) is 0.313. The first-order chi connectivity index (χ1) is 8.22. The van der Waals surface area contributed by atoms with Crippen LogP contribution in [0.25, 0.3) is 0 Å². The van der Waals surface area contributed by atoms with E-state index in [2.05, 4.69) is 5.16 Å². The van der Waals surface area contributed by atoms with Crippen molar-refractivity contribution in [1.29, 1.82) is 0 Å². The molecule has 1 aliphatic heterocycles. The maximum Gasteiger partial charge on any atom is 0.251 e. The highest BCUT2D eigenvalue weighted by Crippen LogP contribution is 2.29. The van der Waals surface area contributed by atoms with Crippen molar-refractivity contribution >= 4 is 11.7 Å². The number of hydrogen-bond acceptors (Lipinski definition) is 4. The molecular weight excluding hydrogens is 222 g/mol. The summed E-state index contributed by atoms with van der Waals surface area (Å²) in [5.74, 6) is 0.228. The molecule has 0 aromatic rings. The zero-order chi connectivity index (χ0) is 12.3. The lowest BCUT2D eigenvalue weighted by Crippen LogP contribution is -2.42. The highest BCUT2D eigenvalue weighted by atomic mass is 16.5. The monoisotopic (exact) mass is 241 g/mol. The summed E-state index contributed by atoms with van der Waals surface area (Å²) in [6.07, 6.45) is 4.00. The molecule has 96 valence electrons. The molecule has 2 rings (SSSR count). The molecule has 0 spiro atoms. The number of nitrogens with zero attached hydrogens (tertiary/aromatic N) is 2. The van der Waals surface area contributed by atoms with Crippen molar-refractivity contribution in [3.05, 3.63) is 0 Å². The van der Waals surface area contributed by atoms with Gasteiger partial charge in [0, 0.05) is 25.6 Å². The summed E-state index contributed by atoms with van der Waals surface area (Å²) in [5.41, 5.74) is 5.43. The molecule has 0 bridgehead atoms. The second kappa shape index (κ2) is 5.35. The first kappa shape index (κ1) is 12.2. The fourth-order valence-electron chi connectivity index (χ4n) is 2.10. The van der Waals surface area contributed by atoms with Crippen molar-refractivity contribution in [2.75, 3.05) is 13.2 Å². The molecule has 1 aliphatic carbocycles. The summed E-state index contributed by atoms with van der Waals surface area (Å²) < 4.78 is 5.40. The van der Waals surface area contributed by atoms with Gasteiger partial charge < -0.3 is 20.6 Å². The lowest BCUT2D eigenvalue weighted by Gasteiger charge is -2.24. The van der Waals surface area contributed by atoms with Gasteiger partial charge in [-0.25, -0.2) is 0 Å². The third-order valence-electron chi connectivity index (χ3n) is 3.21. The van der Waals surface area contributed by atoms with Crippen molar-refractivity contribution in [1.82, 2.24) is 4.90 Å². The van der Waals surface area contributed by atoms with Crippen LogP contribution < -0.4 is 5.73 Å². The van der Waals surface area contributed by atoms with Gasteiger partial charge in [0.1, 0.15) is 11.9 Å². The van der Waals surface area contributed by atoms with Crippen molar-refractivity contribution in [3.8, 4) is 0 Å². The SMILES string of the molecule is NC(CCN(C(=O)C1CCCO1)C1CC1)=NO. The highest BCUT2D eigenvalue weighted by molar-refractivity contribution is 5.83. The summed E-state index contributed by atoms with van der Waals surface area (Å²) in [7, 11) is 0. The van der Waals surface area contributed by atoms with Crippen LogP contribution in [0.4, 0.5) is 0 Å². The fraction of sp³-hybridized carbons (Fsp3) is 0.818. The van der Waals surface area contributed by atoms with Gasteiger partial charge >= 0.3 is 0 Å². The van der Waals surface area contributed by atoms with Gasteiger partial charge in [0.2, 0.25) is 0 Å². The van der Waals surface area contributed by atoms with Crippen LogP contribution in [-0.2, 0) is 9.53 Å². The Hall–Kier alpha value is -1.30. The van der Waals surface area contributed by atoms with Crippen molar-refractivity contribution in [2.45, 2.75) is 44.2 Å². The number of ether oxygens (including phenoxy) is 1. The maximum atomic E-state index is 12.2. The Kier molecular flexibility index (Phi) is 3.83. The molecule has 1 saturated heterocycles. The molecule has 0 radical (unpaired) electrons. The highest BCUT2D eigenvalue weighted by Gasteiger charge is 2.37. The number of amidine groups is 1. The van der Waals surface area contributed by atoms with E-state index in [1.807, 2.05) is 4.90 Å². The molecule has 6 heteroatoms. The number of hydrogen-bond donors (Lipinski definition) is 2. The zero-order valence-corrected chi connectivity index (χ0v) is 9.84. The third-order valence-corrected chi connectivity index (χ3v) is 3.21. The predicted octanol–water partition coefficient (Wildman–Crippen LogP) is 0.293. The molecule has 1 atom stereocenters. The Morgan fingerprint density at radius 3 is 2.76 bits per heavy atom. The van der Waals surface area contributed by atoms with Crippen LogP contribution >= 0.6 is 0 Å². The predicted molar refractivity (Wildman–Crippen MR) is 61.7 cm³/mol. The molecule has 0 aromatic carbocycles. The van der Waals surface area contributed by atoms with Crippen LogP contribution in [0.1, 0.15) is 32.1 Å². The first-order valence-corrected chi connectivity index (χ1v) is 6.11. The van der Waals surface area contributed by atoms with Crippen LogP contribution in [0.15, 0.2) is 5.16 Å². The minimum absolute atomic E-state index is 0.0655. The molecule has 0 aromatic heterocycles. The van der Waals surface area contributed by atoms with Crippen LogP contribution in [0.2, 0.25) is 0 Å². The summed E-state index contributed by atoms with van der Waals surface area (Å²) >= 11 is 0. The number of amides is 1. The van der Waals surface area contributed by atoms with E-state index < -0.39 is 0 Å². The van der Waals surface area contributed by atoms with Gasteiger partial charge in [-0.05, 0) is 25.7 Å². The summed E-state index contributed by atoms with van der Waals surface area (Å²) in [6.45, 7) is 1.19. The van der Waals surface area contributed by atoms with E-state index in [0.29, 0.717) is 25.6 Å². The Morgan fingerprint density at radius 2 is 2.24 bits per heavy atom. The smallest absolute Gasteiger partial charge is 0.251 e. The van der Waals surface area contributed by atoms with Crippen molar-refractivity contribution in [2.24, 2.45) is 10.9 Å². The molecule has 2 aliphatic rings. The van der Waals surface area contributed by atoms with Gasteiger partial charge in [-0.2, -0.15) is 0 Å². The second-order valence-electron chi connectivity index (χ2n) is 4.61. The topological polar surface area (TPSA) is 88.2 Å². The van der Waals surface area contributed by atoms with Gasteiger partial charge in [-0.3, -0.25) is 4.79 Å². The number of oxime groups is 1. The number of rotatable bonds is 5. The van der Waals surface area contributed by atoms with Crippen LogP contribution in [0.5, 0.6) is 0 Å². The average Bonchev–Trinajstić information content (AvgIpc) is 3.02. The van der Waals surface area contributed by atoms with E-state index in [1.165, 1.54) is 0 Å². The maximum absolute atomic E-state index is 12.2. The Bertz CT molecular complexity index is 309. The first-order valence-electron chi connectivity index (χ1n) is 6.11. The van der Waals surface area contributed by atoms with Crippen molar-refractivity contribution in [3.63, 3.8) is 0 Å². The molecule has 1 saturated carbocycles. The minimum Gasteiger partial charge on any atom is -0.409 e. The fourth-order valence-corrected chi connectivity index (χ4v) is 2.10. The largest absolute Gasteiger partial charge is 0.409 e. The molecule has 2 fully saturated rings. The van der Waals surface area contributed by atoms with Gasteiger partial charge in [-0.1, -0.05) is 5.16 Å². The third kappa shape index (κ3) is 3.09. The van der Waals surface area contributed by atoms with E-state index in [0.717, 1.165) is 25.7 Å². The molecule has 6 nitrogen and oxygen atoms in total. The Labute approximate surface area is 100 Å². The number of carbonyl (C=O) groups excluding carboxylic acids is 1. The summed E-state index contributed by atoms with van der Waals surface area (Å²) in [6, 6.07) is 0.332. The summed E-state index contributed by atoms with van der Waals surface area (Å²) in [5, 5.41) is 11.4. The molecule has 1 unspecified atom stereocenters. The van der Waals surface area contributed by atoms with E-state index in [9.17, 15) is 4.79 Å². The number of carbonyl (C=O) groups is 1. The van der Waals surface area contributed by atoms with Gasteiger partial charge in [0.05, 0.1) is 0 Å². The van der Waals surface area contributed by atoms with Crippen molar-refractivity contribution < 1.29 is 14.7 Å². The van der Waals surface area contributed by atoms with Gasteiger partial charge in [0.15, 0.2) is 0 Å². The lowest BCUT2D eigenvalue weighted by molar-refractivity contribution is -0.141. The zero-order valence-electron chi connectivity index (χ0n) is 9.84. The standard InChI is InChI=1S/C11H19N3O3/c12-10(13-16)5-6-14(8-3-4-8)11(15)9-2-1-7-17-9/h8-9,16H,1-7H2,(H2,12,13). The van der Waals surface area contributed by atoms with E-state index >= 15 is 0 Å². The number of nitrogens with two attached hydrogens (primary N) is 1. The van der Waals surface area contributed by atoms with Crippen LogP contribution in [-0.4, -0.2) is 47.1 Å². The van der Waals surface area contributed by atoms with Crippen LogP contribution in [0.3, 0.4) is 0 Å². The molecular formula is C11H19N3O3. The van der Waals surface area contributed by atoms with E-state index in [1.54, 1.807) is 0 Å². The van der Waals surface area contributed by atoms with Gasteiger partial charge in [-0.15, -0.1) is 0 Å². The lowest BCUT2D eigenvalue weighted by atomic mass is 10.2. The Morgan fingerprint density at radius 1 is 1.47 bits per heavy atom. The average molecular weight is 241 g/mol. The van der Waals surface area contributed by atoms with Gasteiger partial charge in [0.25, 0.3) is 5.91 Å². The normalized spacial score (nSPS) is 24.9. The van der Waals surface area contributed by atoms with Crippen LogP contribution in [0, 0.1) is 0 Å². The second-order valence-corrected chi connectivity index (χ2v) is 4.61. The summed E-state index contributed by atoms with van der Waals surface area (Å²) in [4.78, 5) is 14.0. The van der Waals surface area contributed by atoms with E-state index in [4.69, 9.17) is 15.7 Å².